The molecule has 0 saturated carbocycles. The van der Waals surface area contributed by atoms with Crippen LogP contribution in [0.1, 0.15) is 48.3 Å². The number of amides is 2. The average Bonchev–Trinajstić information content (AvgIpc) is 2.96. The van der Waals surface area contributed by atoms with Crippen molar-refractivity contribution in [3.05, 3.63) is 83.4 Å². The van der Waals surface area contributed by atoms with Crippen LogP contribution in [0.3, 0.4) is 0 Å². The van der Waals surface area contributed by atoms with E-state index in [-0.39, 0.29) is 35.1 Å². The fourth-order valence-corrected chi connectivity index (χ4v) is 3.99. The Morgan fingerprint density at radius 2 is 1.68 bits per heavy atom. The Balaban J connectivity index is 2.05. The number of nitrogens with two attached hydrogens (primary N) is 1. The van der Waals surface area contributed by atoms with Crippen LogP contribution >= 0.6 is 12.8 Å². The highest BCUT2D eigenvalue weighted by Crippen LogP contribution is 2.34. The first-order chi connectivity index (χ1) is 20.7. The van der Waals surface area contributed by atoms with Crippen molar-refractivity contribution >= 4 is 42.1 Å². The Labute approximate surface area is 256 Å². The minimum Gasteiger partial charge on any atom is -0.490 e. The standard InChI is InChI=1S/C29H30F3N5O6S/c1-4-41-23-14-18(10-13-21(23)42-16(2)3)24(27(39)37(44)36-26(38)17-8-6-5-7-9-17)35-19-11-12-20(25(33)34)22(15-19)43-28(40)29(30,31)32/h5-16,24,35,44H,4H2,1-3H3,(H3,33,34)(H,36,38). The summed E-state index contributed by atoms with van der Waals surface area (Å²) >= 11 is 4.16. The minimum atomic E-state index is -5.32. The number of anilines is 1. The molecule has 0 fully saturated rings. The molecular formula is C29H30F3N5O6S. The van der Waals surface area contributed by atoms with Crippen LogP contribution in [-0.4, -0.2) is 46.9 Å². The highest BCUT2D eigenvalue weighted by Gasteiger charge is 2.42. The molecule has 3 aromatic carbocycles. The molecule has 1 atom stereocenters. The van der Waals surface area contributed by atoms with Crippen molar-refractivity contribution in [1.29, 1.82) is 5.41 Å². The largest absolute Gasteiger partial charge is 0.491 e. The van der Waals surface area contributed by atoms with Crippen LogP contribution in [0.4, 0.5) is 18.9 Å². The predicted molar refractivity (Wildman–Crippen MR) is 159 cm³/mol. The Morgan fingerprint density at radius 3 is 2.27 bits per heavy atom. The van der Waals surface area contributed by atoms with Gasteiger partial charge >= 0.3 is 12.1 Å². The molecule has 0 radical (unpaired) electrons. The zero-order chi connectivity index (χ0) is 32.6. The van der Waals surface area contributed by atoms with Gasteiger partial charge in [-0.1, -0.05) is 24.3 Å². The molecule has 0 spiro atoms. The van der Waals surface area contributed by atoms with E-state index in [1.54, 1.807) is 37.3 Å². The number of halogens is 3. The lowest BCUT2D eigenvalue weighted by Gasteiger charge is -2.26. The van der Waals surface area contributed by atoms with E-state index in [0.29, 0.717) is 15.9 Å². The monoisotopic (exact) mass is 633 g/mol. The number of carbonyl (C=O) groups excluding carboxylic acids is 3. The van der Waals surface area contributed by atoms with Crippen molar-refractivity contribution < 1.29 is 41.8 Å². The Bertz CT molecular complexity index is 1520. The average molecular weight is 634 g/mol. The molecule has 3 rings (SSSR count). The van der Waals surface area contributed by atoms with Gasteiger partial charge < -0.3 is 25.3 Å². The van der Waals surface area contributed by atoms with Crippen molar-refractivity contribution in [2.45, 2.75) is 39.1 Å². The summed E-state index contributed by atoms with van der Waals surface area (Å²) in [6.45, 7) is 5.65. The first kappa shape index (κ1) is 33.6. The number of benzene rings is 3. The Hall–Kier alpha value is -4.92. The van der Waals surface area contributed by atoms with Crippen LogP contribution in [0.2, 0.25) is 0 Å². The predicted octanol–water partition coefficient (Wildman–Crippen LogP) is 4.80. The lowest BCUT2D eigenvalue weighted by atomic mass is 10.0. The number of rotatable bonds is 11. The highest BCUT2D eigenvalue weighted by atomic mass is 32.1. The van der Waals surface area contributed by atoms with E-state index in [1.165, 1.54) is 24.3 Å². The van der Waals surface area contributed by atoms with Gasteiger partial charge in [-0.2, -0.15) is 17.6 Å². The molecule has 2 amide bonds. The summed E-state index contributed by atoms with van der Waals surface area (Å²) in [6, 6.07) is 14.8. The fourth-order valence-electron chi connectivity index (χ4n) is 3.78. The Kier molecular flexibility index (Phi) is 11.1. The van der Waals surface area contributed by atoms with Crippen molar-refractivity contribution in [1.82, 2.24) is 9.84 Å². The van der Waals surface area contributed by atoms with Crippen LogP contribution in [0, 0.1) is 5.41 Å². The summed E-state index contributed by atoms with van der Waals surface area (Å²) in [6.07, 6.45) is -5.52. The number of esters is 1. The normalized spacial score (nSPS) is 11.7. The number of amidine groups is 1. The number of alkyl halides is 3. The molecular weight excluding hydrogens is 603 g/mol. The molecule has 0 aliphatic rings. The fraction of sp³-hybridized carbons (Fsp3) is 0.241. The highest BCUT2D eigenvalue weighted by molar-refractivity contribution is 7.78. The molecule has 234 valence electrons. The number of nitrogen functional groups attached to an aromatic ring is 1. The lowest BCUT2D eigenvalue weighted by molar-refractivity contribution is -0.189. The summed E-state index contributed by atoms with van der Waals surface area (Å²) in [5, 5.41) is 10.5. The van der Waals surface area contributed by atoms with Crippen LogP contribution < -0.4 is 30.7 Å². The maximum atomic E-state index is 13.7. The van der Waals surface area contributed by atoms with Crippen molar-refractivity contribution in [2.75, 3.05) is 11.9 Å². The topological polar surface area (TPSA) is 156 Å². The molecule has 44 heavy (non-hydrogen) atoms. The van der Waals surface area contributed by atoms with Crippen molar-refractivity contribution in [3.8, 4) is 17.2 Å². The van der Waals surface area contributed by atoms with Gasteiger partial charge in [-0.25, -0.2) is 4.79 Å². The van der Waals surface area contributed by atoms with Gasteiger partial charge in [0.15, 0.2) is 11.5 Å². The third kappa shape index (κ3) is 8.80. The number of ether oxygens (including phenoxy) is 3. The molecule has 3 aromatic rings. The van der Waals surface area contributed by atoms with Crippen LogP contribution in [0.25, 0.3) is 0 Å². The number of hydrazine groups is 1. The number of hydrogen-bond donors (Lipinski definition) is 5. The number of nitrogens with one attached hydrogen (secondary N) is 3. The van der Waals surface area contributed by atoms with E-state index in [4.69, 9.17) is 20.6 Å². The van der Waals surface area contributed by atoms with E-state index in [2.05, 4.69) is 28.3 Å². The maximum absolute atomic E-state index is 13.7. The zero-order valence-corrected chi connectivity index (χ0v) is 24.7. The van der Waals surface area contributed by atoms with E-state index in [0.717, 1.165) is 12.1 Å². The van der Waals surface area contributed by atoms with Crippen LogP contribution in [0.5, 0.6) is 17.2 Å². The molecule has 0 saturated heterocycles. The minimum absolute atomic E-state index is 0.00471. The van der Waals surface area contributed by atoms with Gasteiger partial charge in [0, 0.05) is 17.3 Å². The smallest absolute Gasteiger partial charge is 0.490 e. The third-order valence-electron chi connectivity index (χ3n) is 5.68. The van der Waals surface area contributed by atoms with Gasteiger partial charge in [-0.15, -0.1) is 0 Å². The number of thiol groups is 1. The summed E-state index contributed by atoms with van der Waals surface area (Å²) in [5.74, 6) is -4.64. The first-order valence-corrected chi connectivity index (χ1v) is 13.5. The third-order valence-corrected chi connectivity index (χ3v) is 5.98. The quantitative estimate of drug-likeness (QED) is 0.0504. The van der Waals surface area contributed by atoms with E-state index in [1.807, 2.05) is 13.8 Å². The lowest BCUT2D eigenvalue weighted by Crippen LogP contribution is -2.43. The summed E-state index contributed by atoms with van der Waals surface area (Å²) in [5.41, 5.74) is 8.06. The zero-order valence-electron chi connectivity index (χ0n) is 23.8. The van der Waals surface area contributed by atoms with Crippen molar-refractivity contribution in [2.24, 2.45) is 5.73 Å². The van der Waals surface area contributed by atoms with Crippen molar-refractivity contribution in [3.63, 3.8) is 0 Å². The maximum Gasteiger partial charge on any atom is 0.491 e. The first-order valence-electron chi connectivity index (χ1n) is 13.1. The number of carbonyl (C=O) groups is 3. The summed E-state index contributed by atoms with van der Waals surface area (Å²) in [7, 11) is 0. The molecule has 15 heteroatoms. The SMILES string of the molecule is CCOc1cc(C(Nc2ccc(C(=N)N)c(OC(=O)C(F)(F)F)c2)C(=O)N(S)NC(=O)c2ccccc2)ccc1OC(C)C. The number of nitrogens with zero attached hydrogens (tertiary/aromatic N) is 1. The summed E-state index contributed by atoms with van der Waals surface area (Å²) < 4.78 is 55.5. The molecule has 0 bridgehead atoms. The van der Waals surface area contributed by atoms with E-state index >= 15 is 0 Å². The molecule has 1 unspecified atom stereocenters. The van der Waals surface area contributed by atoms with Gasteiger partial charge in [-0.3, -0.25) is 20.4 Å². The number of hydrogen-bond acceptors (Lipinski definition) is 9. The van der Waals surface area contributed by atoms with Gasteiger partial charge in [0.2, 0.25) is 0 Å². The second kappa shape index (κ2) is 14.5. The molecule has 0 heterocycles. The van der Waals surface area contributed by atoms with Gasteiger partial charge in [0.05, 0.1) is 18.3 Å². The van der Waals surface area contributed by atoms with Crippen LogP contribution in [-0.2, 0) is 9.59 Å². The second-order valence-corrected chi connectivity index (χ2v) is 9.75. The molecule has 0 aliphatic carbocycles. The van der Waals surface area contributed by atoms with E-state index < -0.39 is 41.6 Å². The summed E-state index contributed by atoms with van der Waals surface area (Å²) in [4.78, 5) is 38.0. The Morgan fingerprint density at radius 1 is 1.00 bits per heavy atom. The van der Waals surface area contributed by atoms with E-state index in [9.17, 15) is 27.6 Å². The molecule has 0 aromatic heterocycles. The molecule has 0 aliphatic heterocycles. The molecule has 11 nitrogen and oxygen atoms in total. The second-order valence-electron chi connectivity index (χ2n) is 9.35. The molecule has 5 N–H and O–H groups in total. The van der Waals surface area contributed by atoms with Gasteiger partial charge in [-0.05, 0) is 75.5 Å². The van der Waals surface area contributed by atoms with Crippen LogP contribution in [0.15, 0.2) is 66.7 Å². The van der Waals surface area contributed by atoms with Gasteiger partial charge in [0.25, 0.3) is 11.8 Å². The van der Waals surface area contributed by atoms with Gasteiger partial charge in [0.1, 0.15) is 17.6 Å².